The van der Waals surface area contributed by atoms with Crippen molar-refractivity contribution in [1.82, 2.24) is 15.5 Å². The second kappa shape index (κ2) is 12.9. The SMILES string of the molecule is C[C@H](NC(=O)CN1C(=O)/C(=C/c2cc(-c3ccc(F)c(F)c3)cs2)SC1=S)C(=O)N[C@@H](CCC(=O)O)C(N)=O. The van der Waals surface area contributed by atoms with Gasteiger partial charge in [-0.1, -0.05) is 30.0 Å². The molecule has 206 valence electrons. The lowest BCUT2D eigenvalue weighted by Crippen LogP contribution is -2.53. The molecule has 5 N–H and O–H groups in total. The number of aliphatic carboxylic acids is 1. The monoisotopic (exact) mass is 596 g/mol. The van der Waals surface area contributed by atoms with Crippen LogP contribution < -0.4 is 16.4 Å². The molecule has 0 bridgehead atoms. The van der Waals surface area contributed by atoms with Gasteiger partial charge in [-0.3, -0.25) is 28.9 Å². The molecule has 1 fully saturated rings. The molecule has 39 heavy (non-hydrogen) atoms. The third kappa shape index (κ3) is 7.91. The number of nitrogens with two attached hydrogens (primary N) is 1. The number of carbonyl (C=O) groups is 5. The van der Waals surface area contributed by atoms with Crippen LogP contribution in [0.5, 0.6) is 0 Å². The van der Waals surface area contributed by atoms with Gasteiger partial charge in [0.2, 0.25) is 17.7 Å². The van der Waals surface area contributed by atoms with E-state index in [9.17, 15) is 32.8 Å². The minimum Gasteiger partial charge on any atom is -0.481 e. The Morgan fingerprint density at radius 2 is 1.87 bits per heavy atom. The first-order chi connectivity index (χ1) is 18.3. The molecular formula is C24H22F2N4O6S3. The number of primary amides is 1. The number of rotatable bonds is 11. The topological polar surface area (TPSA) is 159 Å². The summed E-state index contributed by atoms with van der Waals surface area (Å²) in [7, 11) is 0. The van der Waals surface area contributed by atoms with E-state index < -0.39 is 66.3 Å². The zero-order valence-electron chi connectivity index (χ0n) is 20.2. The molecule has 10 nitrogen and oxygen atoms in total. The van der Waals surface area contributed by atoms with Crippen LogP contribution in [0.4, 0.5) is 8.78 Å². The fraction of sp³-hybridized carbons (Fsp3) is 0.250. The van der Waals surface area contributed by atoms with Crippen LogP contribution in [-0.2, 0) is 24.0 Å². The van der Waals surface area contributed by atoms with Crippen molar-refractivity contribution in [3.63, 3.8) is 0 Å². The van der Waals surface area contributed by atoms with Crippen molar-refractivity contribution < 1.29 is 37.9 Å². The Kier molecular flexibility index (Phi) is 9.88. The maximum atomic E-state index is 13.6. The largest absolute Gasteiger partial charge is 0.481 e. The molecule has 0 saturated carbocycles. The highest BCUT2D eigenvalue weighted by Crippen LogP contribution is 2.35. The van der Waals surface area contributed by atoms with E-state index in [0.29, 0.717) is 16.0 Å². The maximum Gasteiger partial charge on any atom is 0.303 e. The number of carbonyl (C=O) groups excluding carboxylic acids is 4. The predicted molar refractivity (Wildman–Crippen MR) is 145 cm³/mol. The van der Waals surface area contributed by atoms with Crippen molar-refractivity contribution in [2.75, 3.05) is 6.54 Å². The Balaban J connectivity index is 1.60. The van der Waals surface area contributed by atoms with Gasteiger partial charge in [-0.15, -0.1) is 11.3 Å². The van der Waals surface area contributed by atoms with Crippen LogP contribution in [-0.4, -0.2) is 62.6 Å². The van der Waals surface area contributed by atoms with E-state index in [-0.39, 0.29) is 15.6 Å². The van der Waals surface area contributed by atoms with Crippen molar-refractivity contribution in [3.8, 4) is 11.1 Å². The molecule has 2 atom stereocenters. The molecule has 15 heteroatoms. The van der Waals surface area contributed by atoms with Crippen LogP contribution in [0.25, 0.3) is 17.2 Å². The average molecular weight is 597 g/mol. The highest BCUT2D eigenvalue weighted by atomic mass is 32.2. The number of nitrogens with zero attached hydrogens (tertiary/aromatic N) is 1. The number of thiophene rings is 1. The van der Waals surface area contributed by atoms with Gasteiger partial charge in [-0.05, 0) is 54.1 Å². The van der Waals surface area contributed by atoms with Gasteiger partial charge >= 0.3 is 5.97 Å². The molecule has 0 aliphatic carbocycles. The summed E-state index contributed by atoms with van der Waals surface area (Å²) in [6.07, 6.45) is 0.961. The third-order valence-corrected chi connectivity index (χ3v) is 7.66. The van der Waals surface area contributed by atoms with E-state index in [2.05, 4.69) is 10.6 Å². The second-order valence-electron chi connectivity index (χ2n) is 8.32. The normalized spacial score (nSPS) is 15.8. The summed E-state index contributed by atoms with van der Waals surface area (Å²) in [5.41, 5.74) is 6.30. The lowest BCUT2D eigenvalue weighted by molar-refractivity contribution is -0.138. The van der Waals surface area contributed by atoms with Crippen LogP contribution in [0.15, 0.2) is 34.6 Å². The summed E-state index contributed by atoms with van der Waals surface area (Å²) in [6, 6.07) is 2.88. The molecular weight excluding hydrogens is 574 g/mol. The van der Waals surface area contributed by atoms with Gasteiger partial charge < -0.3 is 21.5 Å². The maximum absolute atomic E-state index is 13.6. The van der Waals surface area contributed by atoms with Gasteiger partial charge in [-0.2, -0.15) is 0 Å². The standard InChI is InChI=1S/C24H22F2N4O6S3/c1-11(22(35)29-17(21(27)34)4-5-20(32)33)28-19(31)9-30-23(36)18(39-24(30)37)8-14-6-13(10-38-14)12-2-3-15(25)16(26)7-12/h2-3,6-8,10-11,17H,4-5,9H2,1H3,(H2,27,34)(H,28,31)(H,29,35)(H,32,33)/b18-8-/t11-,17-/m0/s1. The van der Waals surface area contributed by atoms with Gasteiger partial charge in [0.15, 0.2) is 11.6 Å². The number of amides is 4. The van der Waals surface area contributed by atoms with Gasteiger partial charge in [0, 0.05) is 11.3 Å². The molecule has 1 aromatic carbocycles. The zero-order chi connectivity index (χ0) is 28.9. The number of halogens is 2. The highest BCUT2D eigenvalue weighted by Gasteiger charge is 2.34. The molecule has 1 aliphatic heterocycles. The summed E-state index contributed by atoms with van der Waals surface area (Å²) < 4.78 is 26.9. The van der Waals surface area contributed by atoms with Crippen LogP contribution in [0.3, 0.4) is 0 Å². The van der Waals surface area contributed by atoms with Crippen molar-refractivity contribution in [3.05, 3.63) is 51.1 Å². The Morgan fingerprint density at radius 1 is 1.15 bits per heavy atom. The van der Waals surface area contributed by atoms with E-state index in [1.165, 1.54) is 24.3 Å². The van der Waals surface area contributed by atoms with Crippen LogP contribution in [0.2, 0.25) is 0 Å². The number of thioether (sulfide) groups is 1. The van der Waals surface area contributed by atoms with Crippen LogP contribution in [0.1, 0.15) is 24.6 Å². The smallest absolute Gasteiger partial charge is 0.303 e. The van der Waals surface area contributed by atoms with Crippen molar-refractivity contribution in [1.29, 1.82) is 0 Å². The number of benzene rings is 1. The van der Waals surface area contributed by atoms with Crippen molar-refractivity contribution in [2.24, 2.45) is 5.73 Å². The second-order valence-corrected chi connectivity index (χ2v) is 10.9. The van der Waals surface area contributed by atoms with Gasteiger partial charge in [-0.25, -0.2) is 8.78 Å². The summed E-state index contributed by atoms with van der Waals surface area (Å²) in [5, 5.41) is 15.2. The highest BCUT2D eigenvalue weighted by molar-refractivity contribution is 8.26. The Hall–Kier alpha value is -3.69. The molecule has 1 saturated heterocycles. The minimum atomic E-state index is -1.23. The number of carboxylic acids is 1. The first kappa shape index (κ1) is 29.9. The molecule has 2 heterocycles. The molecule has 2 aromatic rings. The van der Waals surface area contributed by atoms with Gasteiger partial charge in [0.25, 0.3) is 5.91 Å². The van der Waals surface area contributed by atoms with E-state index in [1.54, 1.807) is 17.5 Å². The number of carboxylic acid groups (broad SMARTS) is 1. The molecule has 0 spiro atoms. The van der Waals surface area contributed by atoms with E-state index in [4.69, 9.17) is 23.1 Å². The average Bonchev–Trinajstić information content (AvgIpc) is 3.43. The predicted octanol–water partition coefficient (Wildman–Crippen LogP) is 2.23. The first-order valence-corrected chi connectivity index (χ1v) is 13.4. The molecule has 3 rings (SSSR count). The van der Waals surface area contributed by atoms with Crippen molar-refractivity contribution >= 4 is 75.3 Å². The number of hydrogen-bond acceptors (Lipinski definition) is 8. The Bertz CT molecular complexity index is 1380. The lowest BCUT2D eigenvalue weighted by Gasteiger charge is -2.20. The molecule has 1 aromatic heterocycles. The Morgan fingerprint density at radius 3 is 2.51 bits per heavy atom. The molecule has 4 amide bonds. The van der Waals surface area contributed by atoms with Crippen LogP contribution >= 0.6 is 35.3 Å². The number of nitrogens with one attached hydrogen (secondary N) is 2. The lowest BCUT2D eigenvalue weighted by atomic mass is 10.1. The minimum absolute atomic E-state index is 0.123. The van der Waals surface area contributed by atoms with Crippen LogP contribution in [0, 0.1) is 11.6 Å². The van der Waals surface area contributed by atoms with Gasteiger partial charge in [0.1, 0.15) is 22.9 Å². The first-order valence-electron chi connectivity index (χ1n) is 11.3. The van der Waals surface area contributed by atoms with E-state index >= 15 is 0 Å². The third-order valence-electron chi connectivity index (χ3n) is 5.40. The zero-order valence-corrected chi connectivity index (χ0v) is 22.7. The van der Waals surface area contributed by atoms with E-state index in [0.717, 1.165) is 28.8 Å². The quantitative estimate of drug-likeness (QED) is 0.227. The van der Waals surface area contributed by atoms with Gasteiger partial charge in [0.05, 0.1) is 4.91 Å². The molecule has 0 radical (unpaired) electrons. The molecule has 0 unspecified atom stereocenters. The number of thiocarbonyl (C=S) groups is 1. The summed E-state index contributed by atoms with van der Waals surface area (Å²) in [4.78, 5) is 61.9. The fourth-order valence-corrected chi connectivity index (χ4v) is 5.54. The van der Waals surface area contributed by atoms with Crippen molar-refractivity contribution in [2.45, 2.75) is 31.8 Å². The summed E-state index contributed by atoms with van der Waals surface area (Å²) >= 11 is 7.49. The Labute approximate surface area is 234 Å². The summed E-state index contributed by atoms with van der Waals surface area (Å²) in [6.45, 7) is 0.872. The molecule has 1 aliphatic rings. The number of hydrogen-bond donors (Lipinski definition) is 4. The fourth-order valence-electron chi connectivity index (χ4n) is 3.37. The van der Waals surface area contributed by atoms with E-state index in [1.807, 2.05) is 0 Å². The summed E-state index contributed by atoms with van der Waals surface area (Å²) in [5.74, 6) is -6.01.